The second-order valence-corrected chi connectivity index (χ2v) is 5.57. The maximum atomic E-state index is 10.1. The van der Waals surface area contributed by atoms with Gasteiger partial charge in [0.1, 0.15) is 23.5 Å². The van der Waals surface area contributed by atoms with Crippen LogP contribution in [0.1, 0.15) is 5.56 Å². The van der Waals surface area contributed by atoms with E-state index in [0.29, 0.717) is 22.2 Å². The van der Waals surface area contributed by atoms with E-state index >= 15 is 0 Å². The molecule has 0 aromatic heterocycles. The summed E-state index contributed by atoms with van der Waals surface area (Å²) in [4.78, 5) is 0. The lowest BCUT2D eigenvalue weighted by Crippen LogP contribution is -2.40. The summed E-state index contributed by atoms with van der Waals surface area (Å²) in [6, 6.07) is 14.5. The van der Waals surface area contributed by atoms with Crippen LogP contribution in [0.25, 0.3) is 0 Å². The number of hydrogen-bond donors (Lipinski definition) is 2. The van der Waals surface area contributed by atoms with E-state index in [2.05, 4.69) is 0 Å². The van der Waals surface area contributed by atoms with Crippen LogP contribution in [0.4, 0.5) is 0 Å². The van der Waals surface area contributed by atoms with Crippen molar-refractivity contribution in [1.82, 2.24) is 0 Å². The fourth-order valence-corrected chi connectivity index (χ4v) is 2.26. The molecule has 2 unspecified atom stereocenters. The Morgan fingerprint density at radius 2 is 1.76 bits per heavy atom. The number of aliphatic hydroxyl groups is 1. The topological polar surface area (TPSA) is 55.5 Å². The van der Waals surface area contributed by atoms with E-state index in [0.717, 1.165) is 5.56 Å². The monoisotopic (exact) mass is 325 g/mol. The van der Waals surface area contributed by atoms with Gasteiger partial charge in [0.15, 0.2) is 0 Å². The molecule has 0 spiro atoms. The van der Waals surface area contributed by atoms with Gasteiger partial charge in [-0.2, -0.15) is 0 Å². The number of rotatable bonds is 6. The quantitative estimate of drug-likeness (QED) is 0.856. The van der Waals surface area contributed by atoms with Gasteiger partial charge < -0.3 is 15.6 Å². The van der Waals surface area contributed by atoms with Crippen LogP contribution in [0.15, 0.2) is 48.5 Å². The van der Waals surface area contributed by atoms with E-state index in [9.17, 15) is 5.11 Å². The Labute approximate surface area is 134 Å². The molecule has 3 nitrogen and oxygen atoms in total. The molecule has 2 rings (SSSR count). The SMILES string of the molecule is NC(Cc1ccccc1)C(O)COc1cccc(Cl)c1Cl. The third-order valence-electron chi connectivity index (χ3n) is 3.13. The average molecular weight is 326 g/mol. The number of aliphatic hydroxyl groups excluding tert-OH is 1. The molecular weight excluding hydrogens is 309 g/mol. The molecule has 0 radical (unpaired) electrons. The van der Waals surface area contributed by atoms with Gasteiger partial charge in [-0.3, -0.25) is 0 Å². The van der Waals surface area contributed by atoms with Crippen molar-refractivity contribution in [2.45, 2.75) is 18.6 Å². The first-order valence-electron chi connectivity index (χ1n) is 6.62. The molecule has 0 aliphatic carbocycles. The van der Waals surface area contributed by atoms with Crippen molar-refractivity contribution < 1.29 is 9.84 Å². The molecule has 112 valence electrons. The van der Waals surface area contributed by atoms with Gasteiger partial charge in [-0.25, -0.2) is 0 Å². The molecule has 21 heavy (non-hydrogen) atoms. The van der Waals surface area contributed by atoms with E-state index in [4.69, 9.17) is 33.7 Å². The van der Waals surface area contributed by atoms with Crippen LogP contribution in [0.3, 0.4) is 0 Å². The van der Waals surface area contributed by atoms with Gasteiger partial charge in [-0.05, 0) is 24.1 Å². The predicted octanol–water partition coefficient (Wildman–Crippen LogP) is 3.30. The first-order chi connectivity index (χ1) is 10.1. The van der Waals surface area contributed by atoms with Gasteiger partial charge in [0.25, 0.3) is 0 Å². The van der Waals surface area contributed by atoms with Crippen molar-refractivity contribution in [3.05, 3.63) is 64.1 Å². The number of benzene rings is 2. The first kappa shape index (κ1) is 16.1. The Morgan fingerprint density at radius 3 is 2.48 bits per heavy atom. The number of halogens is 2. The lowest BCUT2D eigenvalue weighted by Gasteiger charge is -2.20. The van der Waals surface area contributed by atoms with Gasteiger partial charge in [-0.1, -0.05) is 59.6 Å². The summed E-state index contributed by atoms with van der Waals surface area (Å²) in [5, 5.41) is 10.8. The molecule has 2 aromatic carbocycles. The molecule has 2 aromatic rings. The van der Waals surface area contributed by atoms with Crippen molar-refractivity contribution in [3.8, 4) is 5.75 Å². The zero-order valence-corrected chi connectivity index (χ0v) is 12.9. The van der Waals surface area contributed by atoms with Crippen molar-refractivity contribution in [2.75, 3.05) is 6.61 Å². The van der Waals surface area contributed by atoms with E-state index in [1.165, 1.54) is 0 Å². The number of ether oxygens (including phenoxy) is 1. The van der Waals surface area contributed by atoms with E-state index in [1.54, 1.807) is 18.2 Å². The lowest BCUT2D eigenvalue weighted by molar-refractivity contribution is 0.0852. The highest BCUT2D eigenvalue weighted by atomic mass is 35.5. The maximum Gasteiger partial charge on any atom is 0.139 e. The third-order valence-corrected chi connectivity index (χ3v) is 3.94. The first-order valence-corrected chi connectivity index (χ1v) is 7.38. The van der Waals surface area contributed by atoms with Crippen LogP contribution in [-0.2, 0) is 6.42 Å². The minimum atomic E-state index is -0.791. The van der Waals surface area contributed by atoms with E-state index < -0.39 is 12.1 Å². The smallest absolute Gasteiger partial charge is 0.139 e. The molecular formula is C16H17Cl2NO2. The van der Waals surface area contributed by atoms with Gasteiger partial charge in [0.05, 0.1) is 5.02 Å². The van der Waals surface area contributed by atoms with Gasteiger partial charge in [0.2, 0.25) is 0 Å². The Bertz CT molecular complexity index is 578. The van der Waals surface area contributed by atoms with Crippen molar-refractivity contribution in [1.29, 1.82) is 0 Å². The van der Waals surface area contributed by atoms with Gasteiger partial charge in [0, 0.05) is 6.04 Å². The van der Waals surface area contributed by atoms with Gasteiger partial charge >= 0.3 is 0 Å². The summed E-state index contributed by atoms with van der Waals surface area (Å²) in [7, 11) is 0. The second kappa shape index (κ2) is 7.66. The Balaban J connectivity index is 1.89. The van der Waals surface area contributed by atoms with Crippen molar-refractivity contribution in [2.24, 2.45) is 5.73 Å². The normalized spacial score (nSPS) is 13.7. The molecule has 5 heteroatoms. The number of hydrogen-bond acceptors (Lipinski definition) is 3. The van der Waals surface area contributed by atoms with Crippen LogP contribution < -0.4 is 10.5 Å². The molecule has 0 aliphatic rings. The molecule has 0 saturated heterocycles. The molecule has 0 fully saturated rings. The van der Waals surface area contributed by atoms with Crippen molar-refractivity contribution >= 4 is 23.2 Å². The summed E-state index contributed by atoms with van der Waals surface area (Å²) in [6.07, 6.45) is -0.213. The fourth-order valence-electron chi connectivity index (χ4n) is 1.92. The third kappa shape index (κ3) is 4.61. The summed E-state index contributed by atoms with van der Waals surface area (Å²) in [5.74, 6) is 0.440. The van der Waals surface area contributed by atoms with Crippen LogP contribution in [-0.4, -0.2) is 23.9 Å². The van der Waals surface area contributed by atoms with Crippen LogP contribution >= 0.6 is 23.2 Å². The molecule has 0 amide bonds. The van der Waals surface area contributed by atoms with Crippen LogP contribution in [0, 0.1) is 0 Å². The summed E-state index contributed by atoms with van der Waals surface area (Å²) < 4.78 is 5.49. The van der Waals surface area contributed by atoms with Crippen molar-refractivity contribution in [3.63, 3.8) is 0 Å². The maximum absolute atomic E-state index is 10.1. The average Bonchev–Trinajstić information content (AvgIpc) is 2.49. The Hall–Kier alpha value is -1.26. The molecule has 0 saturated carbocycles. The Morgan fingerprint density at radius 1 is 1.05 bits per heavy atom. The minimum absolute atomic E-state index is 0.0636. The largest absolute Gasteiger partial charge is 0.489 e. The highest BCUT2D eigenvalue weighted by Crippen LogP contribution is 2.31. The molecule has 2 atom stereocenters. The molecule has 0 heterocycles. The second-order valence-electron chi connectivity index (χ2n) is 4.78. The summed E-state index contributed by atoms with van der Waals surface area (Å²) in [5.41, 5.74) is 7.07. The zero-order chi connectivity index (χ0) is 15.2. The standard InChI is InChI=1S/C16H17Cl2NO2/c17-12-7-4-8-15(16(12)18)21-10-14(20)13(19)9-11-5-2-1-3-6-11/h1-8,13-14,20H,9-10,19H2. The zero-order valence-electron chi connectivity index (χ0n) is 11.4. The Kier molecular flexibility index (Phi) is 5.88. The van der Waals surface area contributed by atoms with E-state index in [1.807, 2.05) is 30.3 Å². The number of nitrogens with two attached hydrogens (primary N) is 1. The predicted molar refractivity (Wildman–Crippen MR) is 86.1 cm³/mol. The fraction of sp³-hybridized carbons (Fsp3) is 0.250. The molecule has 0 bridgehead atoms. The van der Waals surface area contributed by atoms with Crippen LogP contribution in [0.5, 0.6) is 5.75 Å². The van der Waals surface area contributed by atoms with Crippen LogP contribution in [0.2, 0.25) is 10.0 Å². The van der Waals surface area contributed by atoms with Gasteiger partial charge in [-0.15, -0.1) is 0 Å². The highest BCUT2D eigenvalue weighted by Gasteiger charge is 2.17. The lowest BCUT2D eigenvalue weighted by atomic mass is 10.0. The highest BCUT2D eigenvalue weighted by molar-refractivity contribution is 6.42. The molecule has 3 N–H and O–H groups in total. The molecule has 0 aliphatic heterocycles. The summed E-state index contributed by atoms with van der Waals surface area (Å²) in [6.45, 7) is 0.0636. The van der Waals surface area contributed by atoms with E-state index in [-0.39, 0.29) is 6.61 Å². The minimum Gasteiger partial charge on any atom is -0.489 e. The summed E-state index contributed by atoms with van der Waals surface area (Å²) >= 11 is 11.9.